The lowest BCUT2D eigenvalue weighted by atomic mass is 9.94. The Morgan fingerprint density at radius 1 is 1.08 bits per heavy atom. The van der Waals surface area contributed by atoms with E-state index >= 15 is 0 Å². The topological polar surface area (TPSA) is 89.9 Å². The number of aliphatic carboxylic acids is 2. The maximum Gasteiger partial charge on any atom is 0.303 e. The van der Waals surface area contributed by atoms with Gasteiger partial charge in [0.05, 0.1) is 12.8 Å². The molecule has 25 heavy (non-hydrogen) atoms. The summed E-state index contributed by atoms with van der Waals surface area (Å²) in [7, 11) is 0. The zero-order valence-corrected chi connectivity index (χ0v) is 14.9. The Balaban J connectivity index is 0.000000242. The highest BCUT2D eigenvalue weighted by atomic mass is 16.4. The number of aryl methyl sites for hydroxylation is 1. The molecule has 0 saturated carbocycles. The largest absolute Gasteiger partial charge is 0.481 e. The standard InChI is InChI=1S/C15H22N2.C4H6O4/c1-2-12-4-5-13-6-8-16-9-7-14(13)15(12)17-10-3-11-17;5-3(6)1-2-4(7)8/h4-5,16H,2-3,6-11H2,1H3;1-2H2,(H,5,6)(H,7,8). The number of rotatable bonds is 5. The van der Waals surface area contributed by atoms with Crippen LogP contribution in [-0.2, 0) is 28.9 Å². The van der Waals surface area contributed by atoms with E-state index in [-0.39, 0.29) is 12.8 Å². The van der Waals surface area contributed by atoms with E-state index in [1.165, 1.54) is 32.4 Å². The molecule has 0 amide bonds. The number of nitrogens with one attached hydrogen (secondary N) is 1. The molecule has 0 aromatic heterocycles. The molecule has 3 rings (SSSR count). The Kier molecular flexibility index (Phi) is 7.25. The summed E-state index contributed by atoms with van der Waals surface area (Å²) in [6.07, 6.45) is 4.33. The normalized spacial score (nSPS) is 16.0. The predicted octanol–water partition coefficient (Wildman–Crippen LogP) is 2.08. The minimum Gasteiger partial charge on any atom is -0.481 e. The number of fused-ring (bicyclic) bond motifs is 1. The van der Waals surface area contributed by atoms with Gasteiger partial charge in [-0.15, -0.1) is 0 Å². The summed E-state index contributed by atoms with van der Waals surface area (Å²) in [5, 5.41) is 19.3. The number of carbonyl (C=O) groups is 2. The third-order valence-corrected chi connectivity index (χ3v) is 4.69. The van der Waals surface area contributed by atoms with E-state index < -0.39 is 11.9 Å². The third kappa shape index (κ3) is 5.46. The van der Waals surface area contributed by atoms with Crippen molar-refractivity contribution in [3.05, 3.63) is 28.8 Å². The molecular formula is C19H28N2O4. The van der Waals surface area contributed by atoms with Crippen LogP contribution in [0.3, 0.4) is 0 Å². The first-order chi connectivity index (χ1) is 12.0. The maximum atomic E-state index is 9.64. The van der Waals surface area contributed by atoms with Crippen LogP contribution in [0.1, 0.15) is 42.9 Å². The van der Waals surface area contributed by atoms with E-state index in [4.69, 9.17) is 10.2 Å². The highest BCUT2D eigenvalue weighted by Gasteiger charge is 2.22. The monoisotopic (exact) mass is 348 g/mol. The van der Waals surface area contributed by atoms with Gasteiger partial charge in [-0.05, 0) is 55.5 Å². The van der Waals surface area contributed by atoms with Crippen LogP contribution in [0, 0.1) is 0 Å². The molecule has 2 aliphatic heterocycles. The van der Waals surface area contributed by atoms with Crippen molar-refractivity contribution >= 4 is 17.6 Å². The molecule has 2 aliphatic rings. The molecule has 1 fully saturated rings. The van der Waals surface area contributed by atoms with Crippen molar-refractivity contribution in [2.45, 2.75) is 45.4 Å². The van der Waals surface area contributed by atoms with Crippen LogP contribution in [-0.4, -0.2) is 48.3 Å². The zero-order chi connectivity index (χ0) is 18.2. The molecule has 0 atom stereocenters. The average molecular weight is 348 g/mol. The molecule has 138 valence electrons. The van der Waals surface area contributed by atoms with E-state index in [2.05, 4.69) is 29.3 Å². The fourth-order valence-corrected chi connectivity index (χ4v) is 3.23. The van der Waals surface area contributed by atoms with Gasteiger partial charge >= 0.3 is 11.9 Å². The first kappa shape index (κ1) is 19.2. The fourth-order valence-electron chi connectivity index (χ4n) is 3.23. The van der Waals surface area contributed by atoms with Crippen LogP contribution in [0.2, 0.25) is 0 Å². The highest BCUT2D eigenvalue weighted by molar-refractivity contribution is 5.75. The van der Waals surface area contributed by atoms with E-state index in [1.807, 2.05) is 0 Å². The first-order valence-electron chi connectivity index (χ1n) is 9.05. The van der Waals surface area contributed by atoms with E-state index in [0.717, 1.165) is 19.5 Å². The maximum absolute atomic E-state index is 9.64. The molecule has 1 saturated heterocycles. The average Bonchev–Trinajstić information content (AvgIpc) is 2.78. The summed E-state index contributed by atoms with van der Waals surface area (Å²) in [4.78, 5) is 21.9. The molecule has 1 aromatic carbocycles. The van der Waals surface area contributed by atoms with Crippen LogP contribution < -0.4 is 10.2 Å². The highest BCUT2D eigenvalue weighted by Crippen LogP contribution is 2.33. The van der Waals surface area contributed by atoms with Gasteiger partial charge in [-0.2, -0.15) is 0 Å². The molecule has 0 radical (unpaired) electrons. The smallest absolute Gasteiger partial charge is 0.303 e. The summed E-state index contributed by atoms with van der Waals surface area (Å²) >= 11 is 0. The summed E-state index contributed by atoms with van der Waals surface area (Å²) in [5.74, 6) is -2.15. The number of hydrogen-bond acceptors (Lipinski definition) is 4. The van der Waals surface area contributed by atoms with Gasteiger partial charge in [0.1, 0.15) is 0 Å². The molecule has 0 unspecified atom stereocenters. The number of anilines is 1. The second-order valence-electron chi connectivity index (χ2n) is 6.44. The molecule has 6 heteroatoms. The van der Waals surface area contributed by atoms with Crippen molar-refractivity contribution in [3.63, 3.8) is 0 Å². The van der Waals surface area contributed by atoms with Crippen molar-refractivity contribution in [3.8, 4) is 0 Å². The molecule has 0 aliphatic carbocycles. The molecule has 2 heterocycles. The van der Waals surface area contributed by atoms with E-state index in [1.54, 1.807) is 22.4 Å². The van der Waals surface area contributed by atoms with Gasteiger partial charge in [-0.1, -0.05) is 19.1 Å². The van der Waals surface area contributed by atoms with Gasteiger partial charge < -0.3 is 20.4 Å². The Bertz CT molecular complexity index is 598. The predicted molar refractivity (Wildman–Crippen MR) is 97.4 cm³/mol. The van der Waals surface area contributed by atoms with Crippen LogP contribution >= 0.6 is 0 Å². The van der Waals surface area contributed by atoms with Crippen molar-refractivity contribution < 1.29 is 19.8 Å². The van der Waals surface area contributed by atoms with Crippen LogP contribution in [0.25, 0.3) is 0 Å². The SMILES string of the molecule is CCc1ccc2c(c1N1CCC1)CCNCC2.O=C(O)CCC(=O)O. The lowest BCUT2D eigenvalue weighted by Crippen LogP contribution is -2.38. The van der Waals surface area contributed by atoms with Gasteiger partial charge in [-0.3, -0.25) is 9.59 Å². The molecule has 6 nitrogen and oxygen atoms in total. The van der Waals surface area contributed by atoms with Crippen molar-refractivity contribution in [2.75, 3.05) is 31.1 Å². The van der Waals surface area contributed by atoms with Crippen molar-refractivity contribution in [2.24, 2.45) is 0 Å². The minimum absolute atomic E-state index is 0.296. The Morgan fingerprint density at radius 2 is 1.72 bits per heavy atom. The van der Waals surface area contributed by atoms with Crippen LogP contribution in [0.15, 0.2) is 12.1 Å². The van der Waals surface area contributed by atoms with Gasteiger partial charge in [0.2, 0.25) is 0 Å². The van der Waals surface area contributed by atoms with Crippen molar-refractivity contribution in [1.82, 2.24) is 5.32 Å². The van der Waals surface area contributed by atoms with Crippen molar-refractivity contribution in [1.29, 1.82) is 0 Å². The van der Waals surface area contributed by atoms with Gasteiger partial charge in [-0.25, -0.2) is 0 Å². The number of hydrogen-bond donors (Lipinski definition) is 3. The molecular weight excluding hydrogens is 320 g/mol. The number of carboxylic acid groups (broad SMARTS) is 2. The minimum atomic E-state index is -1.08. The first-order valence-corrected chi connectivity index (χ1v) is 9.05. The number of nitrogens with zero attached hydrogens (tertiary/aromatic N) is 1. The molecule has 0 spiro atoms. The second-order valence-corrected chi connectivity index (χ2v) is 6.44. The lowest BCUT2D eigenvalue weighted by molar-refractivity contribution is -0.143. The molecule has 1 aromatic rings. The Labute approximate surface area is 148 Å². The lowest BCUT2D eigenvalue weighted by Gasteiger charge is -2.37. The van der Waals surface area contributed by atoms with E-state index in [9.17, 15) is 9.59 Å². The van der Waals surface area contributed by atoms with Gasteiger partial charge in [0.25, 0.3) is 0 Å². The third-order valence-electron chi connectivity index (χ3n) is 4.69. The quantitative estimate of drug-likeness (QED) is 0.755. The Hall–Kier alpha value is -2.08. The molecule has 0 bridgehead atoms. The van der Waals surface area contributed by atoms with Crippen LogP contribution in [0.5, 0.6) is 0 Å². The van der Waals surface area contributed by atoms with Crippen LogP contribution in [0.4, 0.5) is 5.69 Å². The summed E-state index contributed by atoms with van der Waals surface area (Å²) in [6, 6.07) is 4.72. The fraction of sp³-hybridized carbons (Fsp3) is 0.579. The zero-order valence-electron chi connectivity index (χ0n) is 14.9. The van der Waals surface area contributed by atoms with Gasteiger partial charge in [0.15, 0.2) is 0 Å². The second kappa shape index (κ2) is 9.42. The summed E-state index contributed by atoms with van der Waals surface area (Å²) < 4.78 is 0. The summed E-state index contributed by atoms with van der Waals surface area (Å²) in [5.41, 5.74) is 6.34. The van der Waals surface area contributed by atoms with Gasteiger partial charge in [0, 0.05) is 18.8 Å². The number of benzene rings is 1. The summed E-state index contributed by atoms with van der Waals surface area (Å²) in [6.45, 7) is 7.08. The Morgan fingerprint density at radius 3 is 2.24 bits per heavy atom. The number of carboxylic acids is 2. The molecule has 3 N–H and O–H groups in total. The van der Waals surface area contributed by atoms with E-state index in [0.29, 0.717) is 0 Å².